The van der Waals surface area contributed by atoms with E-state index in [2.05, 4.69) is 63.5 Å². The zero-order valence-corrected chi connectivity index (χ0v) is 20.2. The first-order valence-electron chi connectivity index (χ1n) is 11.8. The summed E-state index contributed by atoms with van der Waals surface area (Å²) in [6.07, 6.45) is 5.46. The molecule has 0 bridgehead atoms. The molecule has 1 aliphatic rings. The van der Waals surface area contributed by atoms with E-state index >= 15 is 0 Å². The van der Waals surface area contributed by atoms with E-state index in [9.17, 15) is 5.11 Å². The molecule has 0 atom stereocenters. The predicted molar refractivity (Wildman–Crippen MR) is 135 cm³/mol. The molecule has 9 heteroatoms. The lowest BCUT2D eigenvalue weighted by atomic mass is 9.80. The third-order valence-electron chi connectivity index (χ3n) is 6.78. The fraction of sp³-hybridized carbons (Fsp3) is 0.346. The van der Waals surface area contributed by atoms with Crippen LogP contribution in [0.3, 0.4) is 0 Å². The van der Waals surface area contributed by atoms with Crippen molar-refractivity contribution in [3.8, 4) is 28.1 Å². The molecule has 3 N–H and O–H groups in total. The fourth-order valence-electron chi connectivity index (χ4n) is 5.70. The van der Waals surface area contributed by atoms with Gasteiger partial charge in [0.1, 0.15) is 16.9 Å². The maximum Gasteiger partial charge on any atom is 0.201 e. The Hall–Kier alpha value is -3.85. The Labute approximate surface area is 202 Å². The quantitative estimate of drug-likeness (QED) is 0.354. The molecule has 0 aliphatic carbocycles. The van der Waals surface area contributed by atoms with Gasteiger partial charge in [-0.05, 0) is 82.0 Å². The molecule has 0 radical (unpaired) electrons. The maximum absolute atomic E-state index is 10.9. The Morgan fingerprint density at radius 3 is 2.51 bits per heavy atom. The van der Waals surface area contributed by atoms with Crippen LogP contribution in [0, 0.1) is 0 Å². The summed E-state index contributed by atoms with van der Waals surface area (Å²) in [6.45, 7) is 8.85. The molecule has 5 heterocycles. The summed E-state index contributed by atoms with van der Waals surface area (Å²) in [6, 6.07) is 11.5. The van der Waals surface area contributed by atoms with Crippen LogP contribution in [-0.4, -0.2) is 51.3 Å². The van der Waals surface area contributed by atoms with Crippen LogP contribution in [0.2, 0.25) is 0 Å². The number of aromatic hydroxyl groups is 1. The number of H-pyrrole nitrogens is 1. The van der Waals surface area contributed by atoms with Crippen molar-refractivity contribution in [3.63, 3.8) is 0 Å². The Kier molecular flexibility index (Phi) is 4.69. The van der Waals surface area contributed by atoms with Gasteiger partial charge in [-0.1, -0.05) is 11.3 Å². The molecule has 4 aromatic heterocycles. The molecule has 178 valence electrons. The highest BCUT2D eigenvalue weighted by Gasteiger charge is 2.39. The van der Waals surface area contributed by atoms with Crippen LogP contribution in [0.5, 0.6) is 5.75 Å². The summed E-state index contributed by atoms with van der Waals surface area (Å²) in [5.74, 6) is 0.130. The third kappa shape index (κ3) is 3.81. The predicted octanol–water partition coefficient (Wildman–Crippen LogP) is 4.62. The SMILES string of the molecule is CC1(C)CC(n2nnc3cc(-c4ccc(-c5ccnc6[nH]ccc56)cc4O)nnc32)CC(C)(C)N1. The number of hydrogen-bond donors (Lipinski definition) is 3. The summed E-state index contributed by atoms with van der Waals surface area (Å²) >= 11 is 0. The molecular formula is C26H28N8O. The summed E-state index contributed by atoms with van der Waals surface area (Å²) in [7, 11) is 0. The molecule has 0 spiro atoms. The van der Waals surface area contributed by atoms with Gasteiger partial charge in [0.15, 0.2) is 0 Å². The number of aromatic nitrogens is 7. The average molecular weight is 469 g/mol. The molecule has 1 aromatic carbocycles. The van der Waals surface area contributed by atoms with Crippen LogP contribution in [0.4, 0.5) is 0 Å². The molecule has 6 rings (SSSR count). The van der Waals surface area contributed by atoms with E-state index in [1.807, 2.05) is 41.2 Å². The number of hydrogen-bond acceptors (Lipinski definition) is 7. The second kappa shape index (κ2) is 7.58. The van der Waals surface area contributed by atoms with Gasteiger partial charge in [0.25, 0.3) is 0 Å². The van der Waals surface area contributed by atoms with E-state index in [1.54, 1.807) is 12.3 Å². The Bertz CT molecular complexity index is 1550. The fourth-order valence-corrected chi connectivity index (χ4v) is 5.70. The zero-order valence-electron chi connectivity index (χ0n) is 20.2. The molecule has 5 aromatic rings. The van der Waals surface area contributed by atoms with Crippen molar-refractivity contribution in [1.82, 2.24) is 40.5 Å². The third-order valence-corrected chi connectivity index (χ3v) is 6.78. The van der Waals surface area contributed by atoms with Crippen molar-refractivity contribution in [1.29, 1.82) is 0 Å². The minimum atomic E-state index is -0.0214. The molecule has 1 saturated heterocycles. The molecule has 0 saturated carbocycles. The van der Waals surface area contributed by atoms with Gasteiger partial charge in [0.2, 0.25) is 5.65 Å². The number of fused-ring (bicyclic) bond motifs is 2. The van der Waals surface area contributed by atoms with Crippen LogP contribution < -0.4 is 5.32 Å². The minimum absolute atomic E-state index is 0.0214. The first-order valence-corrected chi connectivity index (χ1v) is 11.8. The summed E-state index contributed by atoms with van der Waals surface area (Å²) < 4.78 is 1.91. The van der Waals surface area contributed by atoms with Crippen LogP contribution in [0.15, 0.2) is 48.8 Å². The first-order chi connectivity index (χ1) is 16.7. The monoisotopic (exact) mass is 468 g/mol. The van der Waals surface area contributed by atoms with Gasteiger partial charge in [-0.2, -0.15) is 0 Å². The topological polar surface area (TPSA) is 117 Å². The van der Waals surface area contributed by atoms with E-state index < -0.39 is 0 Å². The van der Waals surface area contributed by atoms with Crippen LogP contribution >= 0.6 is 0 Å². The Morgan fingerprint density at radius 1 is 0.943 bits per heavy atom. The molecule has 0 amide bonds. The van der Waals surface area contributed by atoms with E-state index in [-0.39, 0.29) is 22.9 Å². The minimum Gasteiger partial charge on any atom is -0.507 e. The second-order valence-electron chi connectivity index (χ2n) is 10.8. The summed E-state index contributed by atoms with van der Waals surface area (Å²) in [5.41, 5.74) is 5.14. The molecule has 1 fully saturated rings. The Balaban J connectivity index is 1.35. The second-order valence-corrected chi connectivity index (χ2v) is 10.8. The number of phenols is 1. The number of benzene rings is 1. The number of phenolic OH excluding ortho intramolecular Hbond substituents is 1. The van der Waals surface area contributed by atoms with Crippen molar-refractivity contribution in [2.24, 2.45) is 0 Å². The average Bonchev–Trinajstić information content (AvgIpc) is 3.43. The number of aromatic amines is 1. The van der Waals surface area contributed by atoms with Gasteiger partial charge in [-0.25, -0.2) is 9.67 Å². The van der Waals surface area contributed by atoms with E-state index in [4.69, 9.17) is 0 Å². The number of nitrogens with zero attached hydrogens (tertiary/aromatic N) is 6. The number of nitrogens with one attached hydrogen (secondary N) is 2. The normalized spacial score (nSPS) is 17.8. The van der Waals surface area contributed by atoms with Crippen LogP contribution in [-0.2, 0) is 0 Å². The number of piperidine rings is 1. The lowest BCUT2D eigenvalue weighted by molar-refractivity contribution is 0.127. The summed E-state index contributed by atoms with van der Waals surface area (Å²) in [4.78, 5) is 7.46. The van der Waals surface area contributed by atoms with Gasteiger partial charge in [-0.3, -0.25) is 0 Å². The lowest BCUT2D eigenvalue weighted by Crippen LogP contribution is -2.58. The molecular weight excluding hydrogens is 440 g/mol. The largest absolute Gasteiger partial charge is 0.507 e. The van der Waals surface area contributed by atoms with Crippen molar-refractivity contribution in [3.05, 3.63) is 48.8 Å². The number of pyridine rings is 1. The lowest BCUT2D eigenvalue weighted by Gasteiger charge is -2.46. The highest BCUT2D eigenvalue weighted by molar-refractivity contribution is 5.93. The standard InChI is InChI=1S/C26H28N8O/c1-25(2)13-16(14-26(3,4)32-25)34-24-21(30-33-34)12-20(29-31-24)19-6-5-15(11-22(19)35)17-7-9-27-23-18(17)8-10-28-23/h5-12,16,32,35H,13-14H2,1-4H3,(H,27,28). The van der Waals surface area contributed by atoms with Crippen LogP contribution in [0.25, 0.3) is 44.6 Å². The zero-order chi connectivity index (χ0) is 24.4. The van der Waals surface area contributed by atoms with Crippen molar-refractivity contribution >= 4 is 22.2 Å². The highest BCUT2D eigenvalue weighted by Crippen LogP contribution is 2.38. The van der Waals surface area contributed by atoms with Gasteiger partial charge >= 0.3 is 0 Å². The van der Waals surface area contributed by atoms with E-state index in [0.717, 1.165) is 35.0 Å². The van der Waals surface area contributed by atoms with Crippen LogP contribution in [0.1, 0.15) is 46.6 Å². The molecule has 9 nitrogen and oxygen atoms in total. The molecule has 0 unspecified atom stereocenters. The van der Waals surface area contributed by atoms with E-state index in [0.29, 0.717) is 22.4 Å². The van der Waals surface area contributed by atoms with Crippen molar-refractivity contribution in [2.45, 2.75) is 57.7 Å². The van der Waals surface area contributed by atoms with Gasteiger partial charge < -0.3 is 15.4 Å². The molecule has 1 aliphatic heterocycles. The van der Waals surface area contributed by atoms with Gasteiger partial charge in [-0.15, -0.1) is 15.3 Å². The molecule has 35 heavy (non-hydrogen) atoms. The highest BCUT2D eigenvalue weighted by atomic mass is 16.3. The van der Waals surface area contributed by atoms with Gasteiger partial charge in [0.05, 0.1) is 11.7 Å². The van der Waals surface area contributed by atoms with Crippen molar-refractivity contribution < 1.29 is 5.11 Å². The smallest absolute Gasteiger partial charge is 0.201 e. The van der Waals surface area contributed by atoms with Gasteiger partial charge in [0, 0.05) is 34.4 Å². The summed E-state index contributed by atoms with van der Waals surface area (Å²) in [5, 5.41) is 33.4. The number of rotatable bonds is 3. The van der Waals surface area contributed by atoms with E-state index in [1.165, 1.54) is 0 Å². The Morgan fingerprint density at radius 2 is 1.74 bits per heavy atom. The van der Waals surface area contributed by atoms with Crippen molar-refractivity contribution in [2.75, 3.05) is 0 Å². The first kappa shape index (κ1) is 21.7. The maximum atomic E-state index is 10.9.